The van der Waals surface area contributed by atoms with Crippen LogP contribution in [0.25, 0.3) is 0 Å². The van der Waals surface area contributed by atoms with E-state index in [9.17, 15) is 4.57 Å². The quantitative estimate of drug-likeness (QED) is 0.738. The lowest BCUT2D eigenvalue weighted by atomic mass is 10.2. The van der Waals surface area contributed by atoms with Crippen molar-refractivity contribution < 1.29 is 13.6 Å². The maximum Gasteiger partial charge on any atom is 0.330 e. The largest absolute Gasteiger partial charge is 0.330 e. The van der Waals surface area contributed by atoms with Gasteiger partial charge in [0.15, 0.2) is 0 Å². The molecule has 3 nitrogen and oxygen atoms in total. The smallest absolute Gasteiger partial charge is 0.309 e. The fraction of sp³-hybridized carbons (Fsp3) is 0.455. The number of hydrogen-bond acceptors (Lipinski definition) is 3. The van der Waals surface area contributed by atoms with Gasteiger partial charge in [0.2, 0.25) is 0 Å². The summed E-state index contributed by atoms with van der Waals surface area (Å²) in [7, 11) is -2.90. The average Bonchev–Trinajstić information content (AvgIpc) is 2.27. The molecule has 0 aromatic heterocycles. The fourth-order valence-corrected chi connectivity index (χ4v) is 2.84. The van der Waals surface area contributed by atoms with Crippen molar-refractivity contribution in [2.45, 2.75) is 20.5 Å². The van der Waals surface area contributed by atoms with Crippen LogP contribution in [0, 0.1) is 0 Å². The normalized spacial score (nSPS) is 14.7. The topological polar surface area (TPSA) is 35.5 Å². The Morgan fingerprint density at radius 2 is 2.06 bits per heavy atom. The molecule has 0 radical (unpaired) electrons. The van der Waals surface area contributed by atoms with Crippen molar-refractivity contribution >= 4 is 23.5 Å². The molecule has 1 atom stereocenters. The van der Waals surface area contributed by atoms with E-state index in [0.29, 0.717) is 19.4 Å². The second-order valence-electron chi connectivity index (χ2n) is 3.25. The lowest BCUT2D eigenvalue weighted by Crippen LogP contribution is -1.98. The molecule has 0 aliphatic rings. The monoisotopic (exact) mass is 306 g/mol. The molecular weight excluding hydrogens is 291 g/mol. The van der Waals surface area contributed by atoms with Gasteiger partial charge in [-0.05, 0) is 24.6 Å². The maximum atomic E-state index is 12.0. The van der Waals surface area contributed by atoms with E-state index in [4.69, 9.17) is 9.05 Å². The van der Waals surface area contributed by atoms with Crippen LogP contribution in [0.15, 0.2) is 28.7 Å². The number of rotatable bonds is 6. The molecule has 0 N–H and O–H groups in total. The Morgan fingerprint density at radius 3 is 2.62 bits per heavy atom. The van der Waals surface area contributed by atoms with Crippen molar-refractivity contribution in [3.05, 3.63) is 34.3 Å². The third-order valence-corrected chi connectivity index (χ3v) is 4.47. The standard InChI is InChI=1S/C11H16BrO3P/c1-3-14-16(13,4-2)15-9-10-6-5-7-11(12)8-10/h5-8H,3-4,9H2,1-2H3. The second-order valence-corrected chi connectivity index (χ2v) is 6.53. The molecule has 0 aliphatic heterocycles. The Morgan fingerprint density at radius 1 is 1.31 bits per heavy atom. The number of benzene rings is 1. The fourth-order valence-electron chi connectivity index (χ4n) is 1.22. The summed E-state index contributed by atoms with van der Waals surface area (Å²) < 4.78 is 23.5. The SMILES string of the molecule is CCOP(=O)(CC)OCc1cccc(Br)c1. The minimum Gasteiger partial charge on any atom is -0.309 e. The molecule has 0 spiro atoms. The van der Waals surface area contributed by atoms with Gasteiger partial charge in [0.25, 0.3) is 0 Å². The maximum absolute atomic E-state index is 12.0. The van der Waals surface area contributed by atoms with Gasteiger partial charge in [-0.1, -0.05) is 35.0 Å². The number of halogens is 1. The van der Waals surface area contributed by atoms with E-state index in [2.05, 4.69) is 15.9 Å². The summed E-state index contributed by atoms with van der Waals surface area (Å²) in [6, 6.07) is 7.72. The van der Waals surface area contributed by atoms with E-state index < -0.39 is 7.60 Å². The summed E-state index contributed by atoms with van der Waals surface area (Å²) >= 11 is 3.37. The summed E-state index contributed by atoms with van der Waals surface area (Å²) in [5.74, 6) is 0. The van der Waals surface area contributed by atoms with Crippen LogP contribution < -0.4 is 0 Å². The molecule has 5 heteroatoms. The minimum absolute atomic E-state index is 0.310. The zero-order chi connectivity index (χ0) is 12.0. The van der Waals surface area contributed by atoms with Gasteiger partial charge < -0.3 is 9.05 Å². The molecular formula is C11H16BrO3P. The Balaban J connectivity index is 2.59. The van der Waals surface area contributed by atoms with Crippen molar-refractivity contribution in [2.75, 3.05) is 12.8 Å². The van der Waals surface area contributed by atoms with Gasteiger partial charge >= 0.3 is 7.60 Å². The first-order valence-electron chi connectivity index (χ1n) is 5.22. The summed E-state index contributed by atoms with van der Waals surface area (Å²) in [6.45, 7) is 4.33. The van der Waals surface area contributed by atoms with Gasteiger partial charge in [0, 0.05) is 10.6 Å². The molecule has 0 saturated heterocycles. The van der Waals surface area contributed by atoms with Crippen LogP contribution in [0.1, 0.15) is 19.4 Å². The molecule has 1 unspecified atom stereocenters. The molecule has 1 aromatic rings. The van der Waals surface area contributed by atoms with Crippen molar-refractivity contribution in [2.24, 2.45) is 0 Å². The van der Waals surface area contributed by atoms with Crippen LogP contribution >= 0.6 is 23.5 Å². The van der Waals surface area contributed by atoms with Crippen LogP contribution in [0.5, 0.6) is 0 Å². The van der Waals surface area contributed by atoms with Gasteiger partial charge in [-0.2, -0.15) is 0 Å². The van der Waals surface area contributed by atoms with Crippen molar-refractivity contribution in [3.63, 3.8) is 0 Å². The highest BCUT2D eigenvalue weighted by molar-refractivity contribution is 9.10. The summed E-state index contributed by atoms with van der Waals surface area (Å²) in [5.41, 5.74) is 0.975. The van der Waals surface area contributed by atoms with E-state index in [1.54, 1.807) is 6.92 Å². The first-order valence-corrected chi connectivity index (χ1v) is 7.74. The van der Waals surface area contributed by atoms with Crippen LogP contribution in [-0.2, 0) is 20.2 Å². The predicted molar refractivity (Wildman–Crippen MR) is 68.7 cm³/mol. The van der Waals surface area contributed by atoms with Crippen molar-refractivity contribution in [1.82, 2.24) is 0 Å². The van der Waals surface area contributed by atoms with Gasteiger partial charge in [-0.15, -0.1) is 0 Å². The molecule has 0 amide bonds. The first kappa shape index (κ1) is 13.9. The molecule has 0 saturated carbocycles. The lowest BCUT2D eigenvalue weighted by Gasteiger charge is -2.15. The molecule has 90 valence electrons. The Bertz CT molecular complexity index is 381. The molecule has 0 aliphatic carbocycles. The Labute approximate surface area is 105 Å². The molecule has 1 rings (SSSR count). The Hall–Kier alpha value is -0.150. The van der Waals surface area contributed by atoms with E-state index >= 15 is 0 Å². The summed E-state index contributed by atoms with van der Waals surface area (Å²) in [6.07, 6.45) is 0.398. The highest BCUT2D eigenvalue weighted by Gasteiger charge is 2.20. The minimum atomic E-state index is -2.90. The zero-order valence-electron chi connectivity index (χ0n) is 9.48. The van der Waals surface area contributed by atoms with Gasteiger partial charge in [-0.25, -0.2) is 0 Å². The van der Waals surface area contributed by atoms with Crippen LogP contribution in [0.3, 0.4) is 0 Å². The third-order valence-electron chi connectivity index (χ3n) is 2.03. The van der Waals surface area contributed by atoms with Crippen LogP contribution in [0.2, 0.25) is 0 Å². The predicted octanol–water partition coefficient (Wildman–Crippen LogP) is 4.22. The van der Waals surface area contributed by atoms with Gasteiger partial charge in [0.05, 0.1) is 13.2 Å². The third kappa shape index (κ3) is 4.38. The van der Waals surface area contributed by atoms with E-state index in [-0.39, 0.29) is 0 Å². The van der Waals surface area contributed by atoms with Crippen LogP contribution in [0.4, 0.5) is 0 Å². The molecule has 1 aromatic carbocycles. The first-order chi connectivity index (χ1) is 7.59. The molecule has 16 heavy (non-hydrogen) atoms. The lowest BCUT2D eigenvalue weighted by molar-refractivity contribution is 0.205. The zero-order valence-corrected chi connectivity index (χ0v) is 12.0. The van der Waals surface area contributed by atoms with Crippen LogP contribution in [-0.4, -0.2) is 12.8 Å². The van der Waals surface area contributed by atoms with Gasteiger partial charge in [-0.3, -0.25) is 4.57 Å². The molecule has 0 heterocycles. The number of hydrogen-bond donors (Lipinski definition) is 0. The highest BCUT2D eigenvalue weighted by Crippen LogP contribution is 2.48. The summed E-state index contributed by atoms with van der Waals surface area (Å²) in [4.78, 5) is 0. The van der Waals surface area contributed by atoms with E-state index in [1.807, 2.05) is 31.2 Å². The van der Waals surface area contributed by atoms with Crippen molar-refractivity contribution in [3.8, 4) is 0 Å². The Kier molecular flexibility index (Phi) is 5.70. The second kappa shape index (κ2) is 6.55. The summed E-state index contributed by atoms with van der Waals surface area (Å²) in [5, 5.41) is 0. The van der Waals surface area contributed by atoms with Crippen molar-refractivity contribution in [1.29, 1.82) is 0 Å². The highest BCUT2D eigenvalue weighted by atomic mass is 79.9. The average molecular weight is 307 g/mol. The van der Waals surface area contributed by atoms with Gasteiger partial charge in [0.1, 0.15) is 0 Å². The van der Waals surface area contributed by atoms with E-state index in [1.165, 1.54) is 0 Å². The molecule has 0 fully saturated rings. The molecule has 0 bridgehead atoms. The van der Waals surface area contributed by atoms with E-state index in [0.717, 1.165) is 10.0 Å².